The maximum Gasteiger partial charge on any atom is 0.312 e. The number of rotatable bonds is 15. The van der Waals surface area contributed by atoms with E-state index in [1.165, 1.54) is 0 Å². The molecule has 0 aromatic heterocycles. The quantitative estimate of drug-likeness (QED) is 0.186. The molecule has 1 aromatic rings. The van der Waals surface area contributed by atoms with Gasteiger partial charge < -0.3 is 29.1 Å². The molecule has 2 unspecified atom stereocenters. The zero-order valence-electron chi connectivity index (χ0n) is 25.0. The second kappa shape index (κ2) is 14.2. The largest absolute Gasteiger partial charge is 0.465 e. The van der Waals surface area contributed by atoms with Gasteiger partial charge in [0.15, 0.2) is 0 Å². The number of aliphatic hydroxyl groups excluding tert-OH is 1. The number of esters is 1. The third-order valence-electron chi connectivity index (χ3n) is 9.41. The highest BCUT2D eigenvalue weighted by Crippen LogP contribution is 2.59. The number of aliphatic hydroxyl groups is 1. The number of carbonyl (C=O) groups is 3. The molecule has 4 fully saturated rings. The topological polar surface area (TPSA) is 109 Å². The first kappa shape index (κ1) is 31.4. The Morgan fingerprint density at radius 3 is 2.65 bits per heavy atom. The van der Waals surface area contributed by atoms with E-state index in [2.05, 4.69) is 18.1 Å². The molecular weight excluding hydrogens is 550 g/mol. The van der Waals surface area contributed by atoms with E-state index in [1.54, 1.807) is 22.0 Å². The first-order chi connectivity index (χ1) is 20.9. The van der Waals surface area contributed by atoms with Gasteiger partial charge in [0.1, 0.15) is 11.6 Å². The van der Waals surface area contributed by atoms with Crippen LogP contribution in [0.2, 0.25) is 0 Å². The van der Waals surface area contributed by atoms with Crippen LogP contribution in [-0.4, -0.2) is 121 Å². The summed E-state index contributed by atoms with van der Waals surface area (Å²) < 4.78 is 17.7. The Morgan fingerprint density at radius 1 is 1.19 bits per heavy atom. The van der Waals surface area contributed by atoms with Crippen LogP contribution in [0, 0.1) is 11.8 Å². The Kier molecular flexibility index (Phi) is 10.3. The highest BCUT2D eigenvalue weighted by Gasteiger charge is 2.75. The molecule has 4 saturated heterocycles. The van der Waals surface area contributed by atoms with Crippen LogP contribution in [-0.2, 0) is 35.0 Å². The molecule has 2 bridgehead atoms. The third-order valence-corrected chi connectivity index (χ3v) is 9.41. The van der Waals surface area contributed by atoms with Gasteiger partial charge in [0, 0.05) is 32.7 Å². The fraction of sp³-hybridized carbons (Fsp3) is 0.606. The summed E-state index contributed by atoms with van der Waals surface area (Å²) in [6, 6.07) is 7.97. The minimum absolute atomic E-state index is 0.232. The van der Waals surface area contributed by atoms with Crippen molar-refractivity contribution in [3.8, 4) is 0 Å². The number of allylic oxidation sites excluding steroid dienone is 1. The summed E-state index contributed by atoms with van der Waals surface area (Å²) in [4.78, 5) is 48.1. The molecule has 5 rings (SSSR count). The average molecular weight is 596 g/mol. The number of hydrogen-bond donors (Lipinski definition) is 1. The van der Waals surface area contributed by atoms with E-state index in [4.69, 9.17) is 14.2 Å². The molecule has 4 aliphatic rings. The summed E-state index contributed by atoms with van der Waals surface area (Å²) in [5.74, 6) is -2.66. The summed E-state index contributed by atoms with van der Waals surface area (Å²) in [5.41, 5.74) is -0.222. The highest BCUT2D eigenvalue weighted by atomic mass is 16.6. The zero-order chi connectivity index (χ0) is 30.4. The molecule has 0 radical (unpaired) electrons. The maximum atomic E-state index is 14.6. The van der Waals surface area contributed by atoms with Crippen LogP contribution in [0.1, 0.15) is 31.2 Å². The monoisotopic (exact) mass is 595 g/mol. The fourth-order valence-electron chi connectivity index (χ4n) is 7.37. The van der Waals surface area contributed by atoms with E-state index in [-0.39, 0.29) is 25.0 Å². The lowest BCUT2D eigenvalue weighted by molar-refractivity contribution is -0.156. The third kappa shape index (κ3) is 6.29. The summed E-state index contributed by atoms with van der Waals surface area (Å²) >= 11 is 0. The smallest absolute Gasteiger partial charge is 0.312 e. The van der Waals surface area contributed by atoms with Gasteiger partial charge in [-0.25, -0.2) is 0 Å². The lowest BCUT2D eigenvalue weighted by Crippen LogP contribution is -2.59. The average Bonchev–Trinajstić information content (AvgIpc) is 3.68. The van der Waals surface area contributed by atoms with Crippen LogP contribution < -0.4 is 0 Å². The van der Waals surface area contributed by atoms with Gasteiger partial charge in [-0.2, -0.15) is 0 Å². The van der Waals surface area contributed by atoms with Crippen molar-refractivity contribution in [2.75, 3.05) is 59.2 Å². The second-order valence-corrected chi connectivity index (χ2v) is 12.0. The molecule has 1 N–H and O–H groups in total. The fourth-order valence-corrected chi connectivity index (χ4v) is 7.37. The molecule has 10 nitrogen and oxygen atoms in total. The van der Waals surface area contributed by atoms with Gasteiger partial charge in [0.05, 0.1) is 50.4 Å². The lowest BCUT2D eigenvalue weighted by Gasteiger charge is -2.40. The van der Waals surface area contributed by atoms with Gasteiger partial charge in [0.25, 0.3) is 0 Å². The van der Waals surface area contributed by atoms with E-state index in [1.807, 2.05) is 30.3 Å². The zero-order valence-corrected chi connectivity index (χ0v) is 25.0. The standard InChI is InChI=1S/C33H45N3O7/c1-3-5-9-19-42-32(40)27-26-12-13-33(43-26)28(27)30(38)36(25(23-37)22-24-10-7-6-8-11-24)29(33)31(39)35(14-4-2)16-15-34-17-20-41-21-18-34/h3-4,6-8,10-11,25-29,37H,1-2,5,9,12-23H2/t25-,26-,27+,28+,29?,33?/m1/s1. The molecule has 4 heterocycles. The summed E-state index contributed by atoms with van der Waals surface area (Å²) in [6.07, 6.45) is 5.75. The van der Waals surface area contributed by atoms with E-state index in [0.29, 0.717) is 58.5 Å². The van der Waals surface area contributed by atoms with Gasteiger partial charge in [-0.3, -0.25) is 19.3 Å². The van der Waals surface area contributed by atoms with Crippen molar-refractivity contribution in [3.05, 3.63) is 61.2 Å². The number of morpholine rings is 1. The normalized spacial score (nSPS) is 28.9. The lowest BCUT2D eigenvalue weighted by atomic mass is 9.70. The van der Waals surface area contributed by atoms with Crippen molar-refractivity contribution >= 4 is 17.8 Å². The Hall–Kier alpha value is -3.05. The van der Waals surface area contributed by atoms with Gasteiger partial charge in [-0.15, -0.1) is 13.2 Å². The molecule has 1 aromatic carbocycles. The number of unbranched alkanes of at least 4 members (excludes halogenated alkanes) is 1. The number of amides is 2. The maximum absolute atomic E-state index is 14.6. The molecule has 0 saturated carbocycles. The predicted octanol–water partition coefficient (Wildman–Crippen LogP) is 1.82. The molecule has 6 atom stereocenters. The number of nitrogens with zero attached hydrogens (tertiary/aromatic N) is 3. The van der Waals surface area contributed by atoms with Crippen molar-refractivity contribution in [2.45, 2.75) is 55.9 Å². The van der Waals surface area contributed by atoms with Crippen LogP contribution in [0.25, 0.3) is 0 Å². The number of carbonyl (C=O) groups excluding carboxylic acids is 3. The van der Waals surface area contributed by atoms with Crippen LogP contribution in [0.4, 0.5) is 0 Å². The summed E-state index contributed by atoms with van der Waals surface area (Å²) in [5, 5.41) is 10.7. The van der Waals surface area contributed by atoms with Crippen LogP contribution in [0.15, 0.2) is 55.6 Å². The van der Waals surface area contributed by atoms with E-state index in [9.17, 15) is 19.5 Å². The van der Waals surface area contributed by atoms with Crippen LogP contribution in [0.3, 0.4) is 0 Å². The number of hydrogen-bond acceptors (Lipinski definition) is 8. The Morgan fingerprint density at radius 2 is 1.95 bits per heavy atom. The molecule has 0 aliphatic carbocycles. The predicted molar refractivity (Wildman–Crippen MR) is 160 cm³/mol. The Balaban J connectivity index is 1.46. The van der Waals surface area contributed by atoms with Gasteiger partial charge in [-0.1, -0.05) is 42.5 Å². The van der Waals surface area contributed by atoms with Crippen molar-refractivity contribution in [1.29, 1.82) is 0 Å². The van der Waals surface area contributed by atoms with E-state index in [0.717, 1.165) is 25.1 Å². The number of benzene rings is 1. The molecular formula is C33H45N3O7. The van der Waals surface area contributed by atoms with Crippen molar-refractivity contribution < 1.29 is 33.7 Å². The van der Waals surface area contributed by atoms with Crippen molar-refractivity contribution in [1.82, 2.24) is 14.7 Å². The first-order valence-corrected chi connectivity index (χ1v) is 15.6. The minimum atomic E-state index is -1.16. The molecule has 10 heteroatoms. The Bertz CT molecular complexity index is 1160. The van der Waals surface area contributed by atoms with E-state index >= 15 is 0 Å². The van der Waals surface area contributed by atoms with Crippen LogP contribution in [0.5, 0.6) is 0 Å². The number of fused-ring (bicyclic) bond motifs is 1. The molecule has 4 aliphatic heterocycles. The van der Waals surface area contributed by atoms with Gasteiger partial charge in [0.2, 0.25) is 11.8 Å². The molecule has 234 valence electrons. The molecule has 43 heavy (non-hydrogen) atoms. The summed E-state index contributed by atoms with van der Waals surface area (Å²) in [7, 11) is 0. The Labute approximate surface area is 254 Å². The van der Waals surface area contributed by atoms with Crippen LogP contribution >= 0.6 is 0 Å². The highest BCUT2D eigenvalue weighted by molar-refractivity contribution is 5.98. The SMILES string of the molecule is C=CCCCOC(=O)[C@@H]1[C@H]2C(=O)N([C@@H](CO)Cc3ccccc3)C(C(=O)N(CC=C)CCN3CCOCC3)C23CC[C@H]1O3. The van der Waals surface area contributed by atoms with Crippen molar-refractivity contribution in [2.24, 2.45) is 11.8 Å². The first-order valence-electron chi connectivity index (χ1n) is 15.6. The number of likely N-dealkylation sites (tertiary alicyclic amines) is 1. The van der Waals surface area contributed by atoms with Crippen molar-refractivity contribution in [3.63, 3.8) is 0 Å². The second-order valence-electron chi connectivity index (χ2n) is 12.0. The summed E-state index contributed by atoms with van der Waals surface area (Å²) in [6.45, 7) is 11.8. The van der Waals surface area contributed by atoms with Gasteiger partial charge in [-0.05, 0) is 37.7 Å². The number of ether oxygens (including phenoxy) is 3. The molecule has 1 spiro atoms. The van der Waals surface area contributed by atoms with Gasteiger partial charge >= 0.3 is 5.97 Å². The molecule has 2 amide bonds. The minimum Gasteiger partial charge on any atom is -0.465 e. The van der Waals surface area contributed by atoms with E-state index < -0.39 is 41.6 Å².